The number of halogens is 2. The fourth-order valence-corrected chi connectivity index (χ4v) is 3.44. The molecule has 178 valence electrons. The van der Waals surface area contributed by atoms with E-state index in [1.165, 1.54) is 24.4 Å². The van der Waals surface area contributed by atoms with Crippen molar-refractivity contribution < 1.29 is 23.8 Å². The topological polar surface area (TPSA) is 88.5 Å². The first-order valence-corrected chi connectivity index (χ1v) is 11.1. The highest BCUT2D eigenvalue weighted by Gasteiger charge is 2.17. The third-order valence-corrected chi connectivity index (χ3v) is 5.46. The van der Waals surface area contributed by atoms with E-state index in [-0.39, 0.29) is 41.2 Å². The van der Waals surface area contributed by atoms with E-state index in [9.17, 15) is 14.0 Å². The average Bonchev–Trinajstić information content (AvgIpc) is 2.76. The van der Waals surface area contributed by atoms with Gasteiger partial charge >= 0.3 is 0 Å². The molecule has 0 aliphatic heterocycles. The number of rotatable bonds is 8. The number of anilines is 1. The van der Waals surface area contributed by atoms with E-state index in [1.54, 1.807) is 18.2 Å². The van der Waals surface area contributed by atoms with Crippen molar-refractivity contribution in [2.24, 2.45) is 0 Å². The molecule has 0 unspecified atom stereocenters. The van der Waals surface area contributed by atoms with Crippen LogP contribution in [0.15, 0.2) is 54.7 Å². The minimum Gasteiger partial charge on any atom is -0.457 e. The standard InChI is InChI=1S/C26H26ClFN2O4/c1-26(2,3)18-5-7-22(27)17(10-18)12-19(32)11-16-4-6-20(13-23(16)28)34-21-8-9-29-24(14-21)30-25(33)15-31/h4-10,13-14,31H,11-12,15H2,1-3H3,(H,29,30,33). The third kappa shape index (κ3) is 6.85. The van der Waals surface area contributed by atoms with Crippen molar-refractivity contribution in [3.05, 3.63) is 82.3 Å². The molecule has 0 aliphatic carbocycles. The van der Waals surface area contributed by atoms with Crippen LogP contribution in [0.5, 0.6) is 11.5 Å². The molecule has 0 fully saturated rings. The average molecular weight is 485 g/mol. The first kappa shape index (κ1) is 25.3. The van der Waals surface area contributed by atoms with E-state index in [0.29, 0.717) is 10.8 Å². The van der Waals surface area contributed by atoms with Crippen molar-refractivity contribution in [2.45, 2.75) is 39.0 Å². The maximum absolute atomic E-state index is 14.7. The van der Waals surface area contributed by atoms with Crippen molar-refractivity contribution in [1.29, 1.82) is 0 Å². The van der Waals surface area contributed by atoms with Crippen LogP contribution in [0.4, 0.5) is 10.2 Å². The summed E-state index contributed by atoms with van der Waals surface area (Å²) in [5.41, 5.74) is 1.97. The summed E-state index contributed by atoms with van der Waals surface area (Å²) in [6, 6.07) is 12.9. The fraction of sp³-hybridized carbons (Fsp3) is 0.269. The monoisotopic (exact) mass is 484 g/mol. The number of hydrogen-bond donors (Lipinski definition) is 2. The number of carbonyl (C=O) groups is 2. The van der Waals surface area contributed by atoms with E-state index in [4.69, 9.17) is 21.4 Å². The van der Waals surface area contributed by atoms with Crippen molar-refractivity contribution in [3.8, 4) is 11.5 Å². The SMILES string of the molecule is CC(C)(C)c1ccc(Cl)c(CC(=O)Cc2ccc(Oc3ccnc(NC(=O)CO)c3)cc2F)c1. The molecule has 0 bridgehead atoms. The Labute approximate surface area is 202 Å². The van der Waals surface area contributed by atoms with Gasteiger partial charge in [-0.25, -0.2) is 9.37 Å². The van der Waals surface area contributed by atoms with E-state index in [0.717, 1.165) is 11.1 Å². The summed E-state index contributed by atoms with van der Waals surface area (Å²) in [5, 5.41) is 11.7. The molecule has 0 aliphatic rings. The van der Waals surface area contributed by atoms with Crippen LogP contribution >= 0.6 is 11.6 Å². The number of Topliss-reactive ketones (excluding diaryl/α,β-unsaturated/α-hetero) is 1. The number of carbonyl (C=O) groups excluding carboxylic acids is 2. The number of nitrogens with one attached hydrogen (secondary N) is 1. The van der Waals surface area contributed by atoms with Crippen LogP contribution in [-0.4, -0.2) is 28.4 Å². The van der Waals surface area contributed by atoms with E-state index in [2.05, 4.69) is 31.1 Å². The summed E-state index contributed by atoms with van der Waals surface area (Å²) in [5.74, 6) is -0.605. The second-order valence-electron chi connectivity index (χ2n) is 8.89. The van der Waals surface area contributed by atoms with Crippen LogP contribution in [0.25, 0.3) is 0 Å². The van der Waals surface area contributed by atoms with Gasteiger partial charge in [0.15, 0.2) is 0 Å². The number of ketones is 1. The van der Waals surface area contributed by atoms with Crippen LogP contribution in [-0.2, 0) is 27.8 Å². The maximum atomic E-state index is 14.7. The molecule has 3 aromatic rings. The van der Waals surface area contributed by atoms with Gasteiger partial charge in [0.1, 0.15) is 35.5 Å². The van der Waals surface area contributed by atoms with Crippen molar-refractivity contribution in [2.75, 3.05) is 11.9 Å². The number of ether oxygens (including phenoxy) is 1. The van der Waals surface area contributed by atoms with Crippen LogP contribution in [0, 0.1) is 5.82 Å². The highest BCUT2D eigenvalue weighted by Crippen LogP contribution is 2.28. The third-order valence-electron chi connectivity index (χ3n) is 5.09. The van der Waals surface area contributed by atoms with Gasteiger partial charge in [0, 0.05) is 36.2 Å². The predicted octanol–water partition coefficient (Wildman–Crippen LogP) is 5.25. The first-order valence-electron chi connectivity index (χ1n) is 10.7. The predicted molar refractivity (Wildman–Crippen MR) is 129 cm³/mol. The van der Waals surface area contributed by atoms with E-state index in [1.807, 2.05) is 12.1 Å². The zero-order chi connectivity index (χ0) is 24.9. The lowest BCUT2D eigenvalue weighted by Crippen LogP contribution is -2.16. The first-order chi connectivity index (χ1) is 16.0. The highest BCUT2D eigenvalue weighted by atomic mass is 35.5. The van der Waals surface area contributed by atoms with E-state index < -0.39 is 18.3 Å². The minimum atomic E-state index is -0.674. The van der Waals surface area contributed by atoms with Crippen molar-refractivity contribution in [1.82, 2.24) is 4.98 Å². The molecule has 8 heteroatoms. The largest absolute Gasteiger partial charge is 0.457 e. The molecule has 34 heavy (non-hydrogen) atoms. The number of nitrogens with zero attached hydrogens (tertiary/aromatic N) is 1. The number of aliphatic hydroxyl groups excluding tert-OH is 1. The van der Waals surface area contributed by atoms with Gasteiger partial charge in [0.05, 0.1) is 0 Å². The van der Waals surface area contributed by atoms with Gasteiger partial charge < -0.3 is 15.2 Å². The smallest absolute Gasteiger partial charge is 0.251 e. The second kappa shape index (κ2) is 10.8. The Balaban J connectivity index is 1.67. The molecule has 1 aromatic heterocycles. The molecule has 1 heterocycles. The highest BCUT2D eigenvalue weighted by molar-refractivity contribution is 6.31. The number of aromatic nitrogens is 1. The Morgan fingerprint density at radius 2 is 1.74 bits per heavy atom. The summed E-state index contributed by atoms with van der Waals surface area (Å²) in [4.78, 5) is 27.9. The Morgan fingerprint density at radius 1 is 1.03 bits per heavy atom. The maximum Gasteiger partial charge on any atom is 0.251 e. The fourth-order valence-electron chi connectivity index (χ4n) is 3.26. The van der Waals surface area contributed by atoms with Crippen LogP contribution < -0.4 is 10.1 Å². The molecule has 0 radical (unpaired) electrons. The van der Waals surface area contributed by atoms with Gasteiger partial charge in [-0.05, 0) is 40.3 Å². The lowest BCUT2D eigenvalue weighted by Gasteiger charge is -2.20. The van der Waals surface area contributed by atoms with Crippen LogP contribution in [0.1, 0.15) is 37.5 Å². The lowest BCUT2D eigenvalue weighted by molar-refractivity contribution is -0.119. The summed E-state index contributed by atoms with van der Waals surface area (Å²) in [6.45, 7) is 5.57. The zero-order valence-electron chi connectivity index (χ0n) is 19.2. The van der Waals surface area contributed by atoms with Crippen LogP contribution in [0.3, 0.4) is 0 Å². The van der Waals surface area contributed by atoms with Gasteiger partial charge in [0.2, 0.25) is 0 Å². The van der Waals surface area contributed by atoms with Crippen molar-refractivity contribution in [3.63, 3.8) is 0 Å². The zero-order valence-corrected chi connectivity index (χ0v) is 19.9. The molecule has 3 rings (SSSR count). The van der Waals surface area contributed by atoms with Crippen molar-refractivity contribution >= 4 is 29.1 Å². The molecule has 0 saturated carbocycles. The molecule has 2 aromatic carbocycles. The molecule has 6 nitrogen and oxygen atoms in total. The number of pyridine rings is 1. The quantitative estimate of drug-likeness (QED) is 0.456. The van der Waals surface area contributed by atoms with Gasteiger partial charge in [-0.3, -0.25) is 9.59 Å². The Hall–Kier alpha value is -3.29. The molecular formula is C26H26ClFN2O4. The molecular weight excluding hydrogens is 459 g/mol. The Bertz CT molecular complexity index is 1210. The van der Waals surface area contributed by atoms with Crippen LogP contribution in [0.2, 0.25) is 5.02 Å². The molecule has 1 amide bonds. The lowest BCUT2D eigenvalue weighted by atomic mass is 9.85. The van der Waals surface area contributed by atoms with Gasteiger partial charge in [-0.15, -0.1) is 0 Å². The summed E-state index contributed by atoms with van der Waals surface area (Å²) in [7, 11) is 0. The summed E-state index contributed by atoms with van der Waals surface area (Å²) >= 11 is 6.29. The number of aliphatic hydroxyl groups is 1. The number of benzene rings is 2. The number of amides is 1. The van der Waals surface area contributed by atoms with Gasteiger partial charge in [0.25, 0.3) is 5.91 Å². The Kier molecular flexibility index (Phi) is 8.02. The van der Waals surface area contributed by atoms with E-state index >= 15 is 0 Å². The molecule has 0 atom stereocenters. The summed E-state index contributed by atoms with van der Waals surface area (Å²) in [6.07, 6.45) is 1.44. The van der Waals surface area contributed by atoms with Gasteiger partial charge in [-0.2, -0.15) is 0 Å². The molecule has 2 N–H and O–H groups in total. The van der Waals surface area contributed by atoms with Gasteiger partial charge in [-0.1, -0.05) is 50.6 Å². The Morgan fingerprint density at radius 3 is 2.41 bits per heavy atom. The summed E-state index contributed by atoms with van der Waals surface area (Å²) < 4.78 is 20.3. The second-order valence-corrected chi connectivity index (χ2v) is 9.29. The normalized spacial score (nSPS) is 11.2. The minimum absolute atomic E-state index is 0.0746. The molecule has 0 spiro atoms. The molecule has 0 saturated heterocycles. The number of hydrogen-bond acceptors (Lipinski definition) is 5.